The van der Waals surface area contributed by atoms with E-state index >= 15 is 4.39 Å². The molecule has 2 aromatic heterocycles. The summed E-state index contributed by atoms with van der Waals surface area (Å²) in [6.07, 6.45) is 4.93. The first-order chi connectivity index (χ1) is 23.7. The molecule has 0 saturated carbocycles. The summed E-state index contributed by atoms with van der Waals surface area (Å²) in [5.41, 5.74) is 7.40. The quantitative estimate of drug-likeness (QED) is 0.198. The summed E-state index contributed by atoms with van der Waals surface area (Å²) in [4.78, 5) is 28.5. The van der Waals surface area contributed by atoms with Crippen molar-refractivity contribution in [2.75, 3.05) is 58.2 Å². The normalized spacial score (nSPS) is 19.8. The van der Waals surface area contributed by atoms with Crippen molar-refractivity contribution in [1.29, 1.82) is 0 Å². The number of piperidine rings is 1. The molecule has 12 heteroatoms. The summed E-state index contributed by atoms with van der Waals surface area (Å²) >= 11 is 0. The van der Waals surface area contributed by atoms with Gasteiger partial charge >= 0.3 is 0 Å². The van der Waals surface area contributed by atoms with Crippen LogP contribution in [-0.4, -0.2) is 99.4 Å². The van der Waals surface area contributed by atoms with E-state index in [-0.39, 0.29) is 29.0 Å². The van der Waals surface area contributed by atoms with E-state index < -0.39 is 11.4 Å². The van der Waals surface area contributed by atoms with E-state index in [0.717, 1.165) is 52.2 Å². The van der Waals surface area contributed by atoms with Gasteiger partial charge in [0.1, 0.15) is 28.8 Å². The average molecular weight is 665 g/mol. The molecule has 1 amide bonds. The van der Waals surface area contributed by atoms with Crippen LogP contribution in [0.4, 0.5) is 10.2 Å². The first-order valence-electron chi connectivity index (χ1n) is 16.8. The van der Waals surface area contributed by atoms with Crippen LogP contribution in [0.3, 0.4) is 0 Å². The lowest BCUT2D eigenvalue weighted by molar-refractivity contribution is -0.128. The van der Waals surface area contributed by atoms with Gasteiger partial charge in [-0.1, -0.05) is 24.3 Å². The largest absolute Gasteiger partial charge is 0.457 e. The molecule has 1 atom stereocenters. The van der Waals surface area contributed by atoms with Gasteiger partial charge in [0.25, 0.3) is 5.91 Å². The van der Waals surface area contributed by atoms with Crippen molar-refractivity contribution >= 4 is 22.6 Å². The standard InChI is InChI=1S/C37H41FN8O3/c1-37(2,45-18-16-43(17-19-45)26-23-48-24-26)21-31(40-3)36(47)44-15-7-8-25(22-44)46-32-13-14-41-35(39)33(32)34(42-46)29-12-11-28(20-30(29)38)49-27-9-5-4-6-10-27/h4-6,9-14,20-21,25-26H,7-8,15-19,22-24H2,1-2H3,(H2,39,41)/t25-/m1/s1. The van der Waals surface area contributed by atoms with Gasteiger partial charge in [0, 0.05) is 62.6 Å². The number of amides is 1. The molecule has 3 saturated heterocycles. The molecule has 0 spiro atoms. The second-order valence-corrected chi connectivity index (χ2v) is 13.5. The van der Waals surface area contributed by atoms with E-state index in [1.54, 1.807) is 35.4 Å². The minimum Gasteiger partial charge on any atom is -0.457 e. The van der Waals surface area contributed by atoms with Gasteiger partial charge in [-0.2, -0.15) is 5.10 Å². The van der Waals surface area contributed by atoms with Crippen LogP contribution in [0.2, 0.25) is 0 Å². The van der Waals surface area contributed by atoms with Gasteiger partial charge in [-0.25, -0.2) is 14.2 Å². The van der Waals surface area contributed by atoms with Gasteiger partial charge in [0.05, 0.1) is 42.8 Å². The molecule has 2 aromatic carbocycles. The monoisotopic (exact) mass is 664 g/mol. The number of rotatable bonds is 8. The van der Waals surface area contributed by atoms with E-state index in [9.17, 15) is 4.79 Å². The summed E-state index contributed by atoms with van der Waals surface area (Å²) in [7, 11) is 0. The molecule has 0 bridgehead atoms. The Morgan fingerprint density at radius 1 is 1.06 bits per heavy atom. The van der Waals surface area contributed by atoms with Crippen molar-refractivity contribution in [3.8, 4) is 22.8 Å². The van der Waals surface area contributed by atoms with E-state index in [2.05, 4.69) is 33.5 Å². The number of nitrogens with zero attached hydrogens (tertiary/aromatic N) is 7. The molecule has 0 unspecified atom stereocenters. The van der Waals surface area contributed by atoms with Gasteiger partial charge in [-0.3, -0.25) is 19.3 Å². The minimum absolute atomic E-state index is 0.125. The lowest BCUT2D eigenvalue weighted by atomic mass is 9.98. The highest BCUT2D eigenvalue weighted by molar-refractivity contribution is 6.00. The van der Waals surface area contributed by atoms with Crippen molar-refractivity contribution in [2.45, 2.75) is 44.3 Å². The lowest BCUT2D eigenvalue weighted by Crippen LogP contribution is -2.59. The smallest absolute Gasteiger partial charge is 0.252 e. The van der Waals surface area contributed by atoms with Gasteiger partial charge < -0.3 is 20.1 Å². The summed E-state index contributed by atoms with van der Waals surface area (Å²) < 4.78 is 28.7. The minimum atomic E-state index is -0.503. The number of hydrogen-bond donors (Lipinski definition) is 1. The third-order valence-electron chi connectivity index (χ3n) is 9.95. The Morgan fingerprint density at radius 2 is 1.84 bits per heavy atom. The van der Waals surface area contributed by atoms with Crippen LogP contribution in [0, 0.1) is 12.4 Å². The predicted molar refractivity (Wildman–Crippen MR) is 185 cm³/mol. The third-order valence-corrected chi connectivity index (χ3v) is 9.95. The van der Waals surface area contributed by atoms with Crippen molar-refractivity contribution in [2.24, 2.45) is 0 Å². The second-order valence-electron chi connectivity index (χ2n) is 13.5. The van der Waals surface area contributed by atoms with Crippen LogP contribution >= 0.6 is 0 Å². The second kappa shape index (κ2) is 13.6. The first kappa shape index (κ1) is 32.7. The fourth-order valence-electron chi connectivity index (χ4n) is 7.12. The number of piperazine rings is 1. The Bertz CT molecular complexity index is 1910. The maximum Gasteiger partial charge on any atom is 0.252 e. The summed E-state index contributed by atoms with van der Waals surface area (Å²) in [5.74, 6) is 0.426. The van der Waals surface area contributed by atoms with Crippen LogP contribution in [0.15, 0.2) is 72.6 Å². The Morgan fingerprint density at radius 3 is 2.53 bits per heavy atom. The first-order valence-corrected chi connectivity index (χ1v) is 16.8. The van der Waals surface area contributed by atoms with Crippen LogP contribution < -0.4 is 10.5 Å². The number of nitrogens with two attached hydrogens (primary N) is 1. The number of carbonyl (C=O) groups is 1. The van der Waals surface area contributed by atoms with Gasteiger partial charge in [-0.05, 0) is 57.0 Å². The molecule has 0 aliphatic carbocycles. The van der Waals surface area contributed by atoms with E-state index in [1.807, 2.05) is 35.0 Å². The molecule has 49 heavy (non-hydrogen) atoms. The number of halogens is 1. The number of likely N-dealkylation sites (tertiary alicyclic amines) is 1. The molecular weight excluding hydrogens is 623 g/mol. The molecule has 3 fully saturated rings. The zero-order chi connectivity index (χ0) is 34.1. The van der Waals surface area contributed by atoms with Crippen molar-refractivity contribution in [1.82, 2.24) is 29.5 Å². The maximum absolute atomic E-state index is 15.7. The lowest BCUT2D eigenvalue weighted by Gasteiger charge is -2.47. The van der Waals surface area contributed by atoms with Crippen LogP contribution in [0.25, 0.3) is 27.0 Å². The topological polar surface area (TPSA) is 106 Å². The highest BCUT2D eigenvalue weighted by Crippen LogP contribution is 2.37. The molecule has 5 heterocycles. The fourth-order valence-corrected chi connectivity index (χ4v) is 7.12. The molecular formula is C37H41FN8O3. The van der Waals surface area contributed by atoms with Crippen LogP contribution in [0.1, 0.15) is 32.7 Å². The van der Waals surface area contributed by atoms with Crippen molar-refractivity contribution < 1.29 is 18.7 Å². The Kier molecular flexibility index (Phi) is 9.07. The molecule has 3 aliphatic heterocycles. The van der Waals surface area contributed by atoms with E-state index in [4.69, 9.17) is 26.9 Å². The number of benzene rings is 2. The van der Waals surface area contributed by atoms with Crippen LogP contribution in [-0.2, 0) is 9.53 Å². The highest BCUT2D eigenvalue weighted by Gasteiger charge is 2.35. The Balaban J connectivity index is 1.11. The maximum atomic E-state index is 15.7. The van der Waals surface area contributed by atoms with Gasteiger partial charge in [0.2, 0.25) is 5.70 Å². The van der Waals surface area contributed by atoms with Crippen molar-refractivity contribution in [3.05, 3.63) is 89.8 Å². The molecule has 3 aliphatic rings. The number of hydrogen-bond acceptors (Lipinski definition) is 8. The summed E-state index contributed by atoms with van der Waals surface area (Å²) in [5, 5.41) is 5.46. The van der Waals surface area contributed by atoms with Crippen LogP contribution in [0.5, 0.6) is 11.5 Å². The summed E-state index contributed by atoms with van der Waals surface area (Å²) in [6.45, 7) is 18.2. The number of fused-ring (bicyclic) bond motifs is 1. The number of para-hydroxylation sites is 1. The molecule has 0 radical (unpaired) electrons. The van der Waals surface area contributed by atoms with Crippen molar-refractivity contribution in [3.63, 3.8) is 0 Å². The average Bonchev–Trinajstić information content (AvgIpc) is 3.48. The zero-order valence-electron chi connectivity index (χ0n) is 27.9. The molecule has 11 nitrogen and oxygen atoms in total. The third kappa shape index (κ3) is 6.62. The van der Waals surface area contributed by atoms with Gasteiger partial charge in [-0.15, -0.1) is 0 Å². The predicted octanol–water partition coefficient (Wildman–Crippen LogP) is 5.37. The molecule has 254 valence electrons. The number of nitrogen functional groups attached to an aromatic ring is 1. The highest BCUT2D eigenvalue weighted by atomic mass is 19.1. The fraction of sp³-hybridized carbons (Fsp3) is 0.405. The number of ether oxygens (including phenoxy) is 2. The number of aromatic nitrogens is 3. The molecule has 4 aromatic rings. The number of carbonyl (C=O) groups excluding carboxylic acids is 1. The zero-order valence-corrected chi connectivity index (χ0v) is 27.9. The Labute approximate surface area is 285 Å². The van der Waals surface area contributed by atoms with Gasteiger partial charge in [0.15, 0.2) is 0 Å². The number of anilines is 1. The number of pyridine rings is 1. The summed E-state index contributed by atoms with van der Waals surface area (Å²) in [6, 6.07) is 16.0. The van der Waals surface area contributed by atoms with E-state index in [0.29, 0.717) is 47.2 Å². The van der Waals surface area contributed by atoms with E-state index in [1.165, 1.54) is 6.07 Å². The Hall–Kier alpha value is -4.83. The molecule has 2 N–H and O–H groups in total. The molecule has 7 rings (SSSR count). The SMILES string of the molecule is [C-]#[N+]C(=CC(C)(C)N1CCN(C2COC2)CC1)C(=O)N1CCC[C@@H](n2nc(-c3ccc(Oc4ccccc4)cc3F)c3c(N)nccc32)C1.